The van der Waals surface area contributed by atoms with Crippen LogP contribution >= 0.6 is 0 Å². The van der Waals surface area contributed by atoms with Gasteiger partial charge in [-0.05, 0) is 87.7 Å². The first-order valence-corrected chi connectivity index (χ1v) is 14.4. The number of carbonyl (C=O) groups is 1. The van der Waals surface area contributed by atoms with Gasteiger partial charge < -0.3 is 14.6 Å². The third-order valence-corrected chi connectivity index (χ3v) is 8.55. The van der Waals surface area contributed by atoms with Crippen LogP contribution in [0.2, 0.25) is 0 Å². The number of hydrogen-bond acceptors (Lipinski definition) is 5. The summed E-state index contributed by atoms with van der Waals surface area (Å²) in [5, 5.41) is 4.22. The van der Waals surface area contributed by atoms with Crippen LogP contribution in [0.3, 0.4) is 0 Å². The molecule has 0 spiro atoms. The smallest absolute Gasteiger partial charge is 0.362 e. The minimum absolute atomic E-state index is 0.0991. The van der Waals surface area contributed by atoms with Gasteiger partial charge in [0, 0.05) is 17.6 Å². The molecule has 2 aliphatic rings. The summed E-state index contributed by atoms with van der Waals surface area (Å²) < 4.78 is 6.94. The molecule has 5 atom stereocenters. The monoisotopic (exact) mass is 509 g/mol. The van der Waals surface area contributed by atoms with Crippen LogP contribution in [-0.4, -0.2) is 33.7 Å². The van der Waals surface area contributed by atoms with Crippen LogP contribution in [0.1, 0.15) is 116 Å². The van der Waals surface area contributed by atoms with Crippen LogP contribution in [0.15, 0.2) is 29.1 Å². The topological polar surface area (TPSA) is 73.2 Å². The minimum atomic E-state index is -0.652. The highest BCUT2D eigenvalue weighted by molar-refractivity contribution is 5.89. The Balaban J connectivity index is 1.67. The number of hydrogen-bond donors (Lipinski definition) is 1. The van der Waals surface area contributed by atoms with Crippen molar-refractivity contribution in [2.45, 2.75) is 117 Å². The lowest BCUT2D eigenvalue weighted by molar-refractivity contribution is -0.0485. The number of nitrogens with one attached hydrogen (secondary N) is 1. The van der Waals surface area contributed by atoms with E-state index in [1.165, 1.54) is 32.1 Å². The molecule has 2 aliphatic carbocycles. The number of esters is 1. The standard InChI is InChI=1S/C31H47N3O3/c1-8-12-23(33-31-17-21(3)16-30(7,20-31)18-29(5,6)19-31)15-22(4)34-25-14-11-10-13-24(25)32-26(27(34)35)28(36)37-9-2/h10-11,13-14,21-23,33H,8-9,12,15-20H2,1-7H3/t21?,22-,23-,30?,31?/m0/s1. The molecule has 1 aromatic carbocycles. The van der Waals surface area contributed by atoms with E-state index in [4.69, 9.17) is 4.74 Å². The summed E-state index contributed by atoms with van der Waals surface area (Å²) in [5.74, 6) is 0.0576. The molecule has 3 unspecified atom stereocenters. The van der Waals surface area contributed by atoms with Gasteiger partial charge in [0.25, 0.3) is 5.56 Å². The van der Waals surface area contributed by atoms with E-state index in [9.17, 15) is 9.59 Å². The number of ether oxygens (including phenoxy) is 1. The fourth-order valence-electron chi connectivity index (χ4n) is 8.58. The van der Waals surface area contributed by atoms with Gasteiger partial charge in [0.2, 0.25) is 5.69 Å². The molecule has 1 aromatic heterocycles. The Morgan fingerprint density at radius 3 is 2.59 bits per heavy atom. The molecular weight excluding hydrogens is 462 g/mol. The summed E-state index contributed by atoms with van der Waals surface area (Å²) in [6.45, 7) is 16.1. The van der Waals surface area contributed by atoms with Crippen LogP contribution in [0.4, 0.5) is 0 Å². The molecule has 2 aromatic rings. The van der Waals surface area contributed by atoms with Crippen molar-refractivity contribution >= 4 is 17.0 Å². The molecule has 4 rings (SSSR count). The maximum Gasteiger partial charge on any atom is 0.362 e. The van der Waals surface area contributed by atoms with Gasteiger partial charge in [-0.25, -0.2) is 9.78 Å². The lowest BCUT2D eigenvalue weighted by atomic mass is 9.50. The first-order chi connectivity index (χ1) is 17.4. The average Bonchev–Trinajstić information content (AvgIpc) is 2.76. The van der Waals surface area contributed by atoms with Gasteiger partial charge in [-0.1, -0.05) is 53.2 Å². The van der Waals surface area contributed by atoms with Crippen molar-refractivity contribution in [2.24, 2.45) is 16.7 Å². The quantitative estimate of drug-likeness (QED) is 0.382. The number of rotatable bonds is 9. The van der Waals surface area contributed by atoms with Crippen LogP contribution in [-0.2, 0) is 4.74 Å². The fraction of sp³-hybridized carbons (Fsp3) is 0.710. The highest BCUT2D eigenvalue weighted by Gasteiger charge is 2.53. The molecular formula is C31H47N3O3. The summed E-state index contributed by atoms with van der Waals surface area (Å²) in [7, 11) is 0. The molecule has 2 bridgehead atoms. The van der Waals surface area contributed by atoms with Crippen molar-refractivity contribution in [1.82, 2.24) is 14.9 Å². The molecule has 2 saturated carbocycles. The maximum atomic E-state index is 13.6. The highest BCUT2D eigenvalue weighted by atomic mass is 16.5. The second kappa shape index (κ2) is 10.5. The largest absolute Gasteiger partial charge is 0.461 e. The molecule has 6 heteroatoms. The summed E-state index contributed by atoms with van der Waals surface area (Å²) in [6.07, 6.45) is 9.19. The van der Waals surface area contributed by atoms with E-state index in [1.54, 1.807) is 11.5 Å². The molecule has 204 valence electrons. The minimum Gasteiger partial charge on any atom is -0.461 e. The molecule has 2 fully saturated rings. The van der Waals surface area contributed by atoms with Crippen molar-refractivity contribution < 1.29 is 9.53 Å². The zero-order chi connectivity index (χ0) is 27.0. The van der Waals surface area contributed by atoms with Gasteiger partial charge in [0.1, 0.15) is 0 Å². The maximum absolute atomic E-state index is 13.6. The Hall–Kier alpha value is -2.21. The highest BCUT2D eigenvalue weighted by Crippen LogP contribution is 2.58. The van der Waals surface area contributed by atoms with E-state index in [-0.39, 0.29) is 35.5 Å². The van der Waals surface area contributed by atoms with Gasteiger partial charge in [0.05, 0.1) is 17.6 Å². The number of benzene rings is 1. The number of fused-ring (bicyclic) bond motifs is 3. The first kappa shape index (κ1) is 27.8. The zero-order valence-corrected chi connectivity index (χ0v) is 24.0. The van der Waals surface area contributed by atoms with Gasteiger partial charge >= 0.3 is 5.97 Å². The van der Waals surface area contributed by atoms with Crippen LogP contribution < -0.4 is 10.9 Å². The Bertz CT molecular complexity index is 1180. The zero-order valence-electron chi connectivity index (χ0n) is 24.0. The van der Waals surface area contributed by atoms with Crippen LogP contribution in [0, 0.1) is 16.7 Å². The van der Waals surface area contributed by atoms with E-state index < -0.39 is 5.97 Å². The van der Waals surface area contributed by atoms with E-state index in [0.717, 1.165) is 24.8 Å². The lowest BCUT2D eigenvalue weighted by Crippen LogP contribution is -2.61. The molecule has 1 heterocycles. The van der Waals surface area contributed by atoms with E-state index in [0.29, 0.717) is 22.3 Å². The molecule has 0 radical (unpaired) electrons. The molecule has 1 N–H and O–H groups in total. The lowest BCUT2D eigenvalue weighted by Gasteiger charge is -2.59. The van der Waals surface area contributed by atoms with Gasteiger partial charge in [-0.3, -0.25) is 4.79 Å². The predicted molar refractivity (Wildman–Crippen MR) is 150 cm³/mol. The van der Waals surface area contributed by atoms with Crippen LogP contribution in [0.25, 0.3) is 11.0 Å². The van der Waals surface area contributed by atoms with Crippen molar-refractivity contribution in [3.05, 3.63) is 40.3 Å². The molecule has 37 heavy (non-hydrogen) atoms. The Morgan fingerprint density at radius 2 is 1.89 bits per heavy atom. The SMILES string of the molecule is CCC[C@@H](C[C@H](C)n1c(=O)c(C(=O)OCC)nc2ccccc21)NC12CC(C)CC(C)(CC(C)(C)C1)C2. The third-order valence-electron chi connectivity index (χ3n) is 8.55. The number of para-hydroxylation sites is 2. The number of aromatic nitrogens is 2. The molecule has 6 nitrogen and oxygen atoms in total. The summed E-state index contributed by atoms with van der Waals surface area (Å²) in [5.41, 5.74) is 1.74. The van der Waals surface area contributed by atoms with E-state index in [1.807, 2.05) is 24.3 Å². The van der Waals surface area contributed by atoms with Gasteiger partial charge in [-0.2, -0.15) is 0 Å². The second-order valence-electron chi connectivity index (χ2n) is 13.4. The van der Waals surface area contributed by atoms with Crippen molar-refractivity contribution in [1.29, 1.82) is 0 Å². The van der Waals surface area contributed by atoms with Gasteiger partial charge in [-0.15, -0.1) is 0 Å². The summed E-state index contributed by atoms with van der Waals surface area (Å²) in [4.78, 5) is 30.6. The van der Waals surface area contributed by atoms with E-state index >= 15 is 0 Å². The summed E-state index contributed by atoms with van der Waals surface area (Å²) >= 11 is 0. The third kappa shape index (κ3) is 5.94. The van der Waals surface area contributed by atoms with Crippen molar-refractivity contribution in [3.63, 3.8) is 0 Å². The second-order valence-corrected chi connectivity index (χ2v) is 13.4. The summed E-state index contributed by atoms with van der Waals surface area (Å²) in [6, 6.07) is 7.78. The Morgan fingerprint density at radius 1 is 1.16 bits per heavy atom. The molecule has 0 aliphatic heterocycles. The molecule has 0 amide bonds. The van der Waals surface area contributed by atoms with Gasteiger partial charge in [0.15, 0.2) is 0 Å². The normalized spacial score (nSPS) is 28.6. The Kier molecular flexibility index (Phi) is 7.90. The Labute approximate surface area is 222 Å². The predicted octanol–water partition coefficient (Wildman–Crippen LogP) is 6.67. The van der Waals surface area contributed by atoms with Crippen molar-refractivity contribution in [3.8, 4) is 0 Å². The average molecular weight is 510 g/mol. The van der Waals surface area contributed by atoms with Crippen molar-refractivity contribution in [2.75, 3.05) is 6.61 Å². The fourth-order valence-corrected chi connectivity index (χ4v) is 8.58. The molecule has 0 saturated heterocycles. The van der Waals surface area contributed by atoms with Crippen LogP contribution in [0.5, 0.6) is 0 Å². The number of nitrogens with zero attached hydrogens (tertiary/aromatic N) is 2. The first-order valence-electron chi connectivity index (χ1n) is 14.4. The van der Waals surface area contributed by atoms with E-state index in [2.05, 4.69) is 51.8 Å². The number of carbonyl (C=O) groups excluding carboxylic acids is 1.